The summed E-state index contributed by atoms with van der Waals surface area (Å²) in [6, 6.07) is 6.41. The average molecular weight is 262 g/mol. The Hall–Kier alpha value is -1.64. The number of rotatable bonds is 4. The van der Waals surface area contributed by atoms with Gasteiger partial charge >= 0.3 is 0 Å². The highest BCUT2D eigenvalue weighted by molar-refractivity contribution is 5.58. The number of hydrogen-bond donors (Lipinski definition) is 1. The fraction of sp³-hybridized carbons (Fsp3) is 0.500. The predicted molar refractivity (Wildman–Crippen MR) is 73.7 cm³/mol. The van der Waals surface area contributed by atoms with Crippen molar-refractivity contribution < 1.29 is 4.39 Å². The van der Waals surface area contributed by atoms with Gasteiger partial charge in [-0.3, -0.25) is 4.90 Å². The molecule has 5 heteroatoms. The minimum absolute atomic E-state index is 0.365. The SMILES string of the molecule is CN(CCN1CCNCC1)c1ccc(F)cc1C#N. The summed E-state index contributed by atoms with van der Waals surface area (Å²) in [6.07, 6.45) is 0. The molecule has 2 rings (SSSR count). The molecular weight excluding hydrogens is 243 g/mol. The van der Waals surface area contributed by atoms with Crippen LogP contribution in [0.1, 0.15) is 5.56 Å². The molecule has 19 heavy (non-hydrogen) atoms. The minimum atomic E-state index is -0.365. The third-order valence-corrected chi connectivity index (χ3v) is 3.45. The molecule has 102 valence electrons. The molecule has 0 atom stereocenters. The van der Waals surface area contributed by atoms with Gasteiger partial charge in [-0.25, -0.2) is 4.39 Å². The van der Waals surface area contributed by atoms with E-state index in [2.05, 4.69) is 10.2 Å². The predicted octanol–water partition coefficient (Wildman–Crippen LogP) is 1.04. The zero-order valence-electron chi connectivity index (χ0n) is 11.2. The van der Waals surface area contributed by atoms with Gasteiger partial charge in [0, 0.05) is 46.3 Å². The van der Waals surface area contributed by atoms with Crippen LogP contribution in [0, 0.1) is 17.1 Å². The number of benzene rings is 1. The molecule has 0 aliphatic carbocycles. The normalized spacial score (nSPS) is 16.1. The first-order chi connectivity index (χ1) is 9.20. The molecule has 0 radical (unpaired) electrons. The van der Waals surface area contributed by atoms with E-state index >= 15 is 0 Å². The van der Waals surface area contributed by atoms with E-state index < -0.39 is 0 Å². The van der Waals surface area contributed by atoms with Crippen LogP contribution in [-0.2, 0) is 0 Å². The fourth-order valence-electron chi connectivity index (χ4n) is 2.28. The van der Waals surface area contributed by atoms with Gasteiger partial charge in [-0.15, -0.1) is 0 Å². The van der Waals surface area contributed by atoms with E-state index in [0.29, 0.717) is 5.56 Å². The Morgan fingerprint density at radius 1 is 1.42 bits per heavy atom. The van der Waals surface area contributed by atoms with E-state index in [0.717, 1.165) is 45.0 Å². The molecular formula is C14H19FN4. The van der Waals surface area contributed by atoms with Crippen molar-refractivity contribution in [2.75, 3.05) is 51.2 Å². The van der Waals surface area contributed by atoms with Crippen molar-refractivity contribution in [3.63, 3.8) is 0 Å². The highest BCUT2D eigenvalue weighted by Crippen LogP contribution is 2.19. The molecule has 1 aromatic rings. The molecule has 0 spiro atoms. The van der Waals surface area contributed by atoms with Crippen LogP contribution < -0.4 is 10.2 Å². The number of nitrogens with zero attached hydrogens (tertiary/aromatic N) is 3. The zero-order valence-corrected chi connectivity index (χ0v) is 11.2. The summed E-state index contributed by atoms with van der Waals surface area (Å²) in [5.74, 6) is -0.365. The molecule has 1 aliphatic heterocycles. The molecule has 1 aromatic carbocycles. The van der Waals surface area contributed by atoms with E-state index in [9.17, 15) is 4.39 Å². The minimum Gasteiger partial charge on any atom is -0.372 e. The Kier molecular flexibility index (Phi) is 4.72. The van der Waals surface area contributed by atoms with E-state index in [1.54, 1.807) is 6.07 Å². The lowest BCUT2D eigenvalue weighted by molar-refractivity contribution is 0.246. The van der Waals surface area contributed by atoms with Crippen LogP contribution >= 0.6 is 0 Å². The van der Waals surface area contributed by atoms with Crippen LogP contribution in [0.5, 0.6) is 0 Å². The molecule has 0 amide bonds. The number of piperazine rings is 1. The van der Waals surface area contributed by atoms with Crippen molar-refractivity contribution in [2.45, 2.75) is 0 Å². The fourth-order valence-corrected chi connectivity index (χ4v) is 2.28. The summed E-state index contributed by atoms with van der Waals surface area (Å²) in [4.78, 5) is 4.41. The highest BCUT2D eigenvalue weighted by Gasteiger charge is 2.12. The van der Waals surface area contributed by atoms with Gasteiger partial charge in [-0.05, 0) is 18.2 Å². The lowest BCUT2D eigenvalue weighted by atomic mass is 10.1. The Balaban J connectivity index is 1.95. The van der Waals surface area contributed by atoms with Crippen LogP contribution in [-0.4, -0.2) is 51.2 Å². The van der Waals surface area contributed by atoms with Crippen LogP contribution in [0.3, 0.4) is 0 Å². The van der Waals surface area contributed by atoms with Crippen LogP contribution in [0.2, 0.25) is 0 Å². The van der Waals surface area contributed by atoms with Gasteiger partial charge in [0.2, 0.25) is 0 Å². The molecule has 0 unspecified atom stereocenters. The number of anilines is 1. The molecule has 1 heterocycles. The maximum atomic E-state index is 13.1. The summed E-state index contributed by atoms with van der Waals surface area (Å²) in [6.45, 7) is 5.97. The lowest BCUT2D eigenvalue weighted by Crippen LogP contribution is -2.46. The number of nitrogens with one attached hydrogen (secondary N) is 1. The standard InChI is InChI=1S/C14H19FN4/c1-18(8-9-19-6-4-17-5-7-19)14-3-2-13(15)10-12(14)11-16/h2-3,10,17H,4-9H2,1H3. The van der Waals surface area contributed by atoms with E-state index in [1.807, 2.05) is 18.0 Å². The van der Waals surface area contributed by atoms with Gasteiger partial charge in [0.15, 0.2) is 0 Å². The average Bonchev–Trinajstić information content (AvgIpc) is 2.45. The monoisotopic (exact) mass is 262 g/mol. The van der Waals surface area contributed by atoms with Crippen LogP contribution in [0.4, 0.5) is 10.1 Å². The van der Waals surface area contributed by atoms with Gasteiger partial charge in [0.05, 0.1) is 11.3 Å². The first-order valence-electron chi connectivity index (χ1n) is 6.54. The first kappa shape index (κ1) is 13.8. The van der Waals surface area contributed by atoms with E-state index in [1.165, 1.54) is 12.1 Å². The maximum Gasteiger partial charge on any atom is 0.124 e. The van der Waals surface area contributed by atoms with Crippen LogP contribution in [0.15, 0.2) is 18.2 Å². The van der Waals surface area contributed by atoms with Gasteiger partial charge in [-0.1, -0.05) is 0 Å². The number of halogens is 1. The van der Waals surface area contributed by atoms with Crippen LogP contribution in [0.25, 0.3) is 0 Å². The van der Waals surface area contributed by atoms with E-state index in [4.69, 9.17) is 5.26 Å². The largest absolute Gasteiger partial charge is 0.372 e. The molecule has 1 aliphatic rings. The summed E-state index contributed by atoms with van der Waals surface area (Å²) < 4.78 is 13.1. The first-order valence-corrected chi connectivity index (χ1v) is 6.54. The number of nitriles is 1. The Labute approximate surface area is 113 Å². The Morgan fingerprint density at radius 2 is 2.16 bits per heavy atom. The topological polar surface area (TPSA) is 42.3 Å². The highest BCUT2D eigenvalue weighted by atomic mass is 19.1. The van der Waals surface area contributed by atoms with Gasteiger partial charge < -0.3 is 10.2 Å². The summed E-state index contributed by atoms with van der Waals surface area (Å²) in [5.41, 5.74) is 1.18. The number of hydrogen-bond acceptors (Lipinski definition) is 4. The quantitative estimate of drug-likeness (QED) is 0.880. The molecule has 4 nitrogen and oxygen atoms in total. The van der Waals surface area contributed by atoms with E-state index in [-0.39, 0.29) is 5.82 Å². The number of likely N-dealkylation sites (N-methyl/N-ethyl adjacent to an activating group) is 1. The summed E-state index contributed by atoms with van der Waals surface area (Å²) in [5, 5.41) is 12.4. The van der Waals surface area contributed by atoms with Crippen molar-refractivity contribution >= 4 is 5.69 Å². The molecule has 0 saturated carbocycles. The second-order valence-electron chi connectivity index (χ2n) is 4.79. The second kappa shape index (κ2) is 6.50. The summed E-state index contributed by atoms with van der Waals surface area (Å²) >= 11 is 0. The molecule has 1 saturated heterocycles. The van der Waals surface area contributed by atoms with Gasteiger partial charge in [0.25, 0.3) is 0 Å². The third kappa shape index (κ3) is 3.66. The molecule has 1 fully saturated rings. The van der Waals surface area contributed by atoms with Crippen molar-refractivity contribution in [3.8, 4) is 6.07 Å². The van der Waals surface area contributed by atoms with Gasteiger partial charge in [-0.2, -0.15) is 5.26 Å². The smallest absolute Gasteiger partial charge is 0.124 e. The van der Waals surface area contributed by atoms with Gasteiger partial charge in [0.1, 0.15) is 11.9 Å². The summed E-state index contributed by atoms with van der Waals surface area (Å²) in [7, 11) is 1.94. The Bertz CT molecular complexity index is 463. The third-order valence-electron chi connectivity index (χ3n) is 3.45. The lowest BCUT2D eigenvalue weighted by Gasteiger charge is -2.30. The van der Waals surface area contributed by atoms with Crippen molar-refractivity contribution in [2.24, 2.45) is 0 Å². The molecule has 0 aromatic heterocycles. The molecule has 1 N–H and O–H groups in total. The maximum absolute atomic E-state index is 13.1. The van der Waals surface area contributed by atoms with Crippen molar-refractivity contribution in [1.82, 2.24) is 10.2 Å². The molecule has 0 bridgehead atoms. The van der Waals surface area contributed by atoms with Crippen molar-refractivity contribution in [3.05, 3.63) is 29.6 Å². The Morgan fingerprint density at radius 3 is 2.84 bits per heavy atom. The second-order valence-corrected chi connectivity index (χ2v) is 4.79. The zero-order chi connectivity index (χ0) is 13.7. The van der Waals surface area contributed by atoms with Crippen molar-refractivity contribution in [1.29, 1.82) is 5.26 Å².